The van der Waals surface area contributed by atoms with Crippen molar-refractivity contribution in [3.05, 3.63) is 22.2 Å². The van der Waals surface area contributed by atoms with Gasteiger partial charge in [0.1, 0.15) is 6.54 Å². The number of piperidine rings is 1. The van der Waals surface area contributed by atoms with Crippen LogP contribution in [0.3, 0.4) is 0 Å². The summed E-state index contributed by atoms with van der Waals surface area (Å²) in [6.45, 7) is 2.60. The Hall–Kier alpha value is -1.27. The molecule has 2 rings (SSSR count). The van der Waals surface area contributed by atoms with Crippen LogP contribution in [-0.4, -0.2) is 31.2 Å². The van der Waals surface area contributed by atoms with Crippen LogP contribution in [-0.2, 0) is 11.3 Å². The molecule has 1 aromatic rings. The molecule has 1 unspecified atom stereocenters. The normalized spacial score (nSPS) is 22.5. The van der Waals surface area contributed by atoms with Crippen LogP contribution in [0.2, 0.25) is 0 Å². The Labute approximate surface area is 126 Å². The maximum atomic E-state index is 11.3. The van der Waals surface area contributed by atoms with Crippen molar-refractivity contribution in [2.24, 2.45) is 11.7 Å². The second-order valence-corrected chi connectivity index (χ2v) is 6.11. The number of methoxy groups -OCH3 is 1. The number of phenols is 1. The van der Waals surface area contributed by atoms with Crippen LogP contribution in [0, 0.1) is 5.92 Å². The molecular weight excluding hydrogens is 324 g/mol. The van der Waals surface area contributed by atoms with Crippen LogP contribution in [0.5, 0.6) is 11.5 Å². The molecule has 1 aromatic carbocycles. The summed E-state index contributed by atoms with van der Waals surface area (Å²) in [5.41, 5.74) is 6.46. The minimum absolute atomic E-state index is 0.0267. The number of hydrogen-bond acceptors (Lipinski definition) is 3. The van der Waals surface area contributed by atoms with Gasteiger partial charge in [0.15, 0.2) is 11.5 Å². The number of quaternary nitrogens is 1. The molecule has 20 heavy (non-hydrogen) atoms. The Bertz CT molecular complexity index is 507. The average molecular weight is 344 g/mol. The van der Waals surface area contributed by atoms with E-state index in [9.17, 15) is 9.90 Å². The average Bonchev–Trinajstić information content (AvgIpc) is 2.43. The molecule has 0 bridgehead atoms. The van der Waals surface area contributed by atoms with Gasteiger partial charge in [-0.05, 0) is 40.9 Å². The summed E-state index contributed by atoms with van der Waals surface area (Å²) in [5.74, 6) is 0.338. The summed E-state index contributed by atoms with van der Waals surface area (Å²) < 4.78 is 5.77. The maximum Gasteiger partial charge on any atom is 0.226 e. The molecule has 6 heteroatoms. The minimum Gasteiger partial charge on any atom is -0.503 e. The van der Waals surface area contributed by atoms with Crippen molar-refractivity contribution in [3.8, 4) is 11.5 Å². The van der Waals surface area contributed by atoms with Gasteiger partial charge in [-0.2, -0.15) is 0 Å². The van der Waals surface area contributed by atoms with E-state index in [4.69, 9.17) is 10.5 Å². The second-order valence-electron chi connectivity index (χ2n) is 5.25. The van der Waals surface area contributed by atoms with Crippen molar-refractivity contribution in [3.63, 3.8) is 0 Å². The second kappa shape index (κ2) is 6.45. The Kier molecular flexibility index (Phi) is 4.88. The topological polar surface area (TPSA) is 77.0 Å². The zero-order chi connectivity index (χ0) is 14.7. The van der Waals surface area contributed by atoms with Crippen molar-refractivity contribution >= 4 is 21.8 Å². The number of nitrogens with two attached hydrogens (primary N) is 1. The lowest BCUT2D eigenvalue weighted by atomic mass is 9.97. The zero-order valence-corrected chi connectivity index (χ0v) is 13.1. The number of phenolic OH excluding ortho intramolecular Hbond substituents is 1. The van der Waals surface area contributed by atoms with Crippen LogP contribution in [0.1, 0.15) is 18.4 Å². The molecule has 0 spiro atoms. The van der Waals surface area contributed by atoms with E-state index in [0.29, 0.717) is 10.2 Å². The molecule has 1 aliphatic rings. The smallest absolute Gasteiger partial charge is 0.226 e. The number of carbonyl (C=O) groups is 1. The monoisotopic (exact) mass is 343 g/mol. The molecule has 0 aliphatic carbocycles. The lowest BCUT2D eigenvalue weighted by Gasteiger charge is -2.28. The van der Waals surface area contributed by atoms with Gasteiger partial charge in [-0.3, -0.25) is 4.79 Å². The van der Waals surface area contributed by atoms with Crippen LogP contribution in [0.15, 0.2) is 16.6 Å². The summed E-state index contributed by atoms with van der Waals surface area (Å²) in [4.78, 5) is 12.6. The van der Waals surface area contributed by atoms with Gasteiger partial charge in [0, 0.05) is 5.56 Å². The number of carbonyl (C=O) groups excluding carboxylic acids is 1. The predicted molar refractivity (Wildman–Crippen MR) is 78.7 cm³/mol. The number of primary amides is 1. The number of halogens is 1. The summed E-state index contributed by atoms with van der Waals surface area (Å²) in [7, 11) is 1.53. The fourth-order valence-electron chi connectivity index (χ4n) is 2.73. The van der Waals surface area contributed by atoms with Crippen LogP contribution in [0.4, 0.5) is 0 Å². The van der Waals surface area contributed by atoms with Crippen molar-refractivity contribution < 1.29 is 19.5 Å². The third-order valence-corrected chi connectivity index (χ3v) is 4.39. The molecule has 5 nitrogen and oxygen atoms in total. The summed E-state index contributed by atoms with van der Waals surface area (Å²) in [6, 6.07) is 3.72. The lowest BCUT2D eigenvalue weighted by Crippen LogP contribution is -3.12. The SMILES string of the molecule is COc1cc(C[NH+]2CCC[C@H](C(N)=O)C2)cc(Br)c1O. The van der Waals surface area contributed by atoms with Gasteiger partial charge >= 0.3 is 0 Å². The molecule has 0 radical (unpaired) electrons. The van der Waals surface area contributed by atoms with Gasteiger partial charge < -0.3 is 20.5 Å². The molecule has 4 N–H and O–H groups in total. The molecule has 1 aliphatic heterocycles. The number of nitrogens with one attached hydrogen (secondary N) is 1. The van der Waals surface area contributed by atoms with E-state index in [0.717, 1.165) is 38.0 Å². The van der Waals surface area contributed by atoms with Gasteiger partial charge in [0.2, 0.25) is 5.91 Å². The third-order valence-electron chi connectivity index (χ3n) is 3.78. The third kappa shape index (κ3) is 3.43. The number of amides is 1. The van der Waals surface area contributed by atoms with Gasteiger partial charge in [-0.25, -0.2) is 0 Å². The molecule has 1 heterocycles. The molecule has 1 amide bonds. The highest BCUT2D eigenvalue weighted by Gasteiger charge is 2.27. The Morgan fingerprint density at radius 1 is 1.60 bits per heavy atom. The van der Waals surface area contributed by atoms with Gasteiger partial charge in [-0.15, -0.1) is 0 Å². The van der Waals surface area contributed by atoms with Crippen molar-refractivity contribution in [2.75, 3.05) is 20.2 Å². The fourth-order valence-corrected chi connectivity index (χ4v) is 3.22. The van der Waals surface area contributed by atoms with E-state index in [2.05, 4.69) is 15.9 Å². The molecule has 0 saturated carbocycles. The summed E-state index contributed by atoms with van der Waals surface area (Å²) in [6.07, 6.45) is 1.90. The van der Waals surface area contributed by atoms with E-state index in [-0.39, 0.29) is 17.6 Å². The number of rotatable bonds is 4. The first-order chi connectivity index (χ1) is 9.51. The molecule has 1 saturated heterocycles. The first kappa shape index (κ1) is 15.1. The lowest BCUT2D eigenvalue weighted by molar-refractivity contribution is -0.921. The van der Waals surface area contributed by atoms with E-state index in [1.807, 2.05) is 12.1 Å². The molecule has 2 atom stereocenters. The highest BCUT2D eigenvalue weighted by molar-refractivity contribution is 9.10. The molecule has 110 valence electrons. The molecule has 0 aromatic heterocycles. The maximum absolute atomic E-state index is 11.3. The van der Waals surface area contributed by atoms with Crippen LogP contribution >= 0.6 is 15.9 Å². The molecule has 1 fully saturated rings. The number of benzene rings is 1. The highest BCUT2D eigenvalue weighted by atomic mass is 79.9. The Morgan fingerprint density at radius 2 is 2.35 bits per heavy atom. The van der Waals surface area contributed by atoms with Crippen molar-refractivity contribution in [1.29, 1.82) is 0 Å². The number of likely N-dealkylation sites (tertiary alicyclic amines) is 1. The first-order valence-corrected chi connectivity index (χ1v) is 7.48. The van der Waals surface area contributed by atoms with Crippen LogP contribution < -0.4 is 15.4 Å². The predicted octanol–water partition coefficient (Wildman–Crippen LogP) is 0.443. The largest absolute Gasteiger partial charge is 0.503 e. The summed E-state index contributed by atoms with van der Waals surface area (Å²) in [5, 5.41) is 9.80. The van der Waals surface area contributed by atoms with Gasteiger partial charge in [0.25, 0.3) is 0 Å². The highest BCUT2D eigenvalue weighted by Crippen LogP contribution is 2.34. The van der Waals surface area contributed by atoms with E-state index >= 15 is 0 Å². The van der Waals surface area contributed by atoms with Crippen molar-refractivity contribution in [1.82, 2.24) is 0 Å². The quantitative estimate of drug-likeness (QED) is 0.742. The number of aromatic hydroxyl groups is 1. The molecular formula is C14H20BrN2O3+. The number of ether oxygens (including phenoxy) is 1. The van der Waals surface area contributed by atoms with E-state index < -0.39 is 0 Å². The number of hydrogen-bond donors (Lipinski definition) is 3. The van der Waals surface area contributed by atoms with Crippen molar-refractivity contribution in [2.45, 2.75) is 19.4 Å². The van der Waals surface area contributed by atoms with E-state index in [1.165, 1.54) is 12.0 Å². The zero-order valence-electron chi connectivity index (χ0n) is 11.5. The van der Waals surface area contributed by atoms with Gasteiger partial charge in [-0.1, -0.05) is 0 Å². The van der Waals surface area contributed by atoms with Crippen LogP contribution in [0.25, 0.3) is 0 Å². The van der Waals surface area contributed by atoms with E-state index in [1.54, 1.807) is 0 Å². The Morgan fingerprint density at radius 3 is 3.00 bits per heavy atom. The minimum atomic E-state index is -0.202. The van der Waals surface area contributed by atoms with Gasteiger partial charge in [0.05, 0.1) is 30.6 Å². The summed E-state index contributed by atoms with van der Waals surface area (Å²) >= 11 is 3.32. The standard InChI is InChI=1S/C14H19BrN2O3/c1-20-12-6-9(5-11(15)13(12)18)7-17-4-2-3-10(8-17)14(16)19/h5-6,10,18H,2-4,7-8H2,1H3,(H2,16,19)/p+1/t10-/m0/s1. The first-order valence-electron chi connectivity index (χ1n) is 6.69. The Balaban J connectivity index is 2.10. The fraction of sp³-hybridized carbons (Fsp3) is 0.500.